The molecule has 5 heteroatoms. The molecule has 3 N–H and O–H groups in total. The quantitative estimate of drug-likeness (QED) is 0.625. The number of aromatic nitrogens is 1. The molecule has 1 atom stereocenters. The highest BCUT2D eigenvalue weighted by molar-refractivity contribution is 5.84. The Labute approximate surface area is 140 Å². The Hall–Kier alpha value is -2.79. The third-order valence-electron chi connectivity index (χ3n) is 4.08. The van der Waals surface area contributed by atoms with Crippen LogP contribution in [0.3, 0.4) is 0 Å². The molecule has 0 bridgehead atoms. The van der Waals surface area contributed by atoms with Crippen molar-refractivity contribution in [1.82, 2.24) is 10.3 Å². The summed E-state index contributed by atoms with van der Waals surface area (Å²) in [5.74, 6) is -0.0963. The summed E-state index contributed by atoms with van der Waals surface area (Å²) in [5, 5.41) is 13.7. The minimum absolute atomic E-state index is 0.420. The molecule has 0 amide bonds. The lowest BCUT2D eigenvalue weighted by atomic mass is 10.0. The van der Waals surface area contributed by atoms with Gasteiger partial charge < -0.3 is 20.1 Å². The van der Waals surface area contributed by atoms with Crippen LogP contribution in [0.4, 0.5) is 0 Å². The third-order valence-corrected chi connectivity index (χ3v) is 4.08. The second kappa shape index (κ2) is 7.19. The Balaban J connectivity index is 1.72. The number of carboxylic acid groups (broad SMARTS) is 1. The SMILES string of the molecule is COc1cccc(CN[C@@H](Cc2c[nH]c3ccccc23)C(=O)O)c1. The van der Waals surface area contributed by atoms with Crippen LogP contribution in [0.25, 0.3) is 10.9 Å². The molecule has 1 heterocycles. The zero-order valence-corrected chi connectivity index (χ0v) is 13.5. The number of H-pyrrole nitrogens is 1. The van der Waals surface area contributed by atoms with Gasteiger partial charge in [0, 0.05) is 30.1 Å². The summed E-state index contributed by atoms with van der Waals surface area (Å²) in [4.78, 5) is 14.8. The van der Waals surface area contributed by atoms with Crippen LogP contribution in [0.5, 0.6) is 5.75 Å². The highest BCUT2D eigenvalue weighted by atomic mass is 16.5. The lowest BCUT2D eigenvalue weighted by molar-refractivity contribution is -0.139. The van der Waals surface area contributed by atoms with Crippen LogP contribution < -0.4 is 10.1 Å². The summed E-state index contributed by atoms with van der Waals surface area (Å²) < 4.78 is 5.19. The lowest BCUT2D eigenvalue weighted by Gasteiger charge is -2.14. The molecule has 0 fully saturated rings. The fraction of sp³-hybridized carbons (Fsp3) is 0.211. The molecule has 0 spiro atoms. The maximum atomic E-state index is 11.6. The largest absolute Gasteiger partial charge is 0.497 e. The molecule has 0 unspecified atom stereocenters. The predicted molar refractivity (Wildman–Crippen MR) is 93.3 cm³/mol. The van der Waals surface area contributed by atoms with Crippen LogP contribution in [0.1, 0.15) is 11.1 Å². The van der Waals surface area contributed by atoms with E-state index in [-0.39, 0.29) is 0 Å². The number of rotatable bonds is 7. The highest BCUT2D eigenvalue weighted by Crippen LogP contribution is 2.19. The fourth-order valence-electron chi connectivity index (χ4n) is 2.79. The monoisotopic (exact) mass is 324 g/mol. The molecule has 0 radical (unpaired) electrons. The van der Waals surface area contributed by atoms with E-state index in [0.717, 1.165) is 27.8 Å². The van der Waals surface area contributed by atoms with Gasteiger partial charge in [-0.1, -0.05) is 30.3 Å². The number of aromatic amines is 1. The Bertz CT molecular complexity index is 841. The molecule has 0 aliphatic carbocycles. The van der Waals surface area contributed by atoms with Crippen molar-refractivity contribution < 1.29 is 14.6 Å². The van der Waals surface area contributed by atoms with E-state index in [9.17, 15) is 9.90 Å². The number of carbonyl (C=O) groups is 1. The number of carboxylic acids is 1. The second-order valence-electron chi connectivity index (χ2n) is 5.69. The minimum atomic E-state index is -0.858. The van der Waals surface area contributed by atoms with Gasteiger partial charge in [-0.3, -0.25) is 4.79 Å². The molecule has 24 heavy (non-hydrogen) atoms. The summed E-state index contributed by atoms with van der Waals surface area (Å²) in [6, 6.07) is 14.8. The first-order chi connectivity index (χ1) is 11.7. The summed E-state index contributed by atoms with van der Waals surface area (Å²) in [6.45, 7) is 0.469. The van der Waals surface area contributed by atoms with Crippen molar-refractivity contribution in [2.45, 2.75) is 19.0 Å². The van der Waals surface area contributed by atoms with Gasteiger partial charge in [-0.15, -0.1) is 0 Å². The molecule has 124 valence electrons. The topological polar surface area (TPSA) is 74.3 Å². The number of fused-ring (bicyclic) bond motifs is 1. The third kappa shape index (κ3) is 3.58. The first kappa shape index (κ1) is 16.1. The van der Waals surface area contributed by atoms with E-state index in [4.69, 9.17) is 4.74 Å². The predicted octanol–water partition coefficient (Wildman–Crippen LogP) is 2.96. The number of hydrogen-bond donors (Lipinski definition) is 3. The maximum absolute atomic E-state index is 11.6. The van der Waals surface area contributed by atoms with E-state index in [1.165, 1.54) is 0 Å². The normalized spacial score (nSPS) is 12.2. The number of ether oxygens (including phenoxy) is 1. The first-order valence-corrected chi connectivity index (χ1v) is 7.81. The number of aliphatic carboxylic acids is 1. The van der Waals surface area contributed by atoms with Gasteiger partial charge in [-0.05, 0) is 29.3 Å². The Morgan fingerprint density at radius 3 is 2.88 bits per heavy atom. The van der Waals surface area contributed by atoms with Gasteiger partial charge in [0.05, 0.1) is 7.11 Å². The van der Waals surface area contributed by atoms with Gasteiger partial charge in [0.15, 0.2) is 0 Å². The molecule has 3 aromatic rings. The molecule has 5 nitrogen and oxygen atoms in total. The summed E-state index contributed by atoms with van der Waals surface area (Å²) >= 11 is 0. The molecular formula is C19H20N2O3. The van der Waals surface area contributed by atoms with Crippen molar-refractivity contribution >= 4 is 16.9 Å². The van der Waals surface area contributed by atoms with Crippen molar-refractivity contribution in [2.24, 2.45) is 0 Å². The van der Waals surface area contributed by atoms with Crippen LogP contribution in [0.15, 0.2) is 54.7 Å². The van der Waals surface area contributed by atoms with Crippen LogP contribution in [0, 0.1) is 0 Å². The molecule has 2 aromatic carbocycles. The standard InChI is InChI=1S/C19H20N2O3/c1-24-15-6-4-5-13(9-15)11-20-18(19(22)23)10-14-12-21-17-8-3-2-7-16(14)17/h2-9,12,18,20-21H,10-11H2,1H3,(H,22,23)/t18-/m0/s1. The van der Waals surface area contributed by atoms with Crippen molar-refractivity contribution in [3.05, 3.63) is 65.9 Å². The van der Waals surface area contributed by atoms with Crippen molar-refractivity contribution in [3.8, 4) is 5.75 Å². The van der Waals surface area contributed by atoms with Crippen LogP contribution in [0.2, 0.25) is 0 Å². The summed E-state index contributed by atoms with van der Waals surface area (Å²) in [6.07, 6.45) is 2.30. The second-order valence-corrected chi connectivity index (χ2v) is 5.69. The zero-order valence-electron chi connectivity index (χ0n) is 13.5. The summed E-state index contributed by atoms with van der Waals surface area (Å²) in [5.41, 5.74) is 3.00. The summed E-state index contributed by atoms with van der Waals surface area (Å²) in [7, 11) is 1.61. The highest BCUT2D eigenvalue weighted by Gasteiger charge is 2.19. The molecule has 0 saturated heterocycles. The Morgan fingerprint density at radius 1 is 1.25 bits per heavy atom. The molecule has 1 aromatic heterocycles. The van der Waals surface area contributed by atoms with Crippen LogP contribution in [-0.4, -0.2) is 29.2 Å². The smallest absolute Gasteiger partial charge is 0.321 e. The van der Waals surface area contributed by atoms with Gasteiger partial charge in [-0.25, -0.2) is 0 Å². The fourth-order valence-corrected chi connectivity index (χ4v) is 2.79. The van der Waals surface area contributed by atoms with E-state index in [2.05, 4.69) is 10.3 Å². The number of benzene rings is 2. The molecule has 0 aliphatic rings. The van der Waals surface area contributed by atoms with Crippen molar-refractivity contribution in [2.75, 3.05) is 7.11 Å². The van der Waals surface area contributed by atoms with E-state index >= 15 is 0 Å². The van der Waals surface area contributed by atoms with E-state index in [1.54, 1.807) is 7.11 Å². The zero-order chi connectivity index (χ0) is 16.9. The van der Waals surface area contributed by atoms with Gasteiger partial charge in [-0.2, -0.15) is 0 Å². The molecule has 0 saturated carbocycles. The number of methoxy groups -OCH3 is 1. The number of hydrogen-bond acceptors (Lipinski definition) is 3. The van der Waals surface area contributed by atoms with E-state index in [0.29, 0.717) is 13.0 Å². The Kier molecular flexibility index (Phi) is 4.82. The Morgan fingerprint density at radius 2 is 2.08 bits per heavy atom. The number of para-hydroxylation sites is 1. The lowest BCUT2D eigenvalue weighted by Crippen LogP contribution is -2.38. The van der Waals surface area contributed by atoms with Crippen molar-refractivity contribution in [3.63, 3.8) is 0 Å². The van der Waals surface area contributed by atoms with Gasteiger partial charge in [0.1, 0.15) is 11.8 Å². The van der Waals surface area contributed by atoms with Crippen LogP contribution >= 0.6 is 0 Å². The van der Waals surface area contributed by atoms with E-state index < -0.39 is 12.0 Å². The average Bonchev–Trinajstić information content (AvgIpc) is 3.01. The van der Waals surface area contributed by atoms with Gasteiger partial charge >= 0.3 is 5.97 Å². The van der Waals surface area contributed by atoms with E-state index in [1.807, 2.05) is 54.7 Å². The van der Waals surface area contributed by atoms with Crippen molar-refractivity contribution in [1.29, 1.82) is 0 Å². The average molecular weight is 324 g/mol. The number of nitrogens with one attached hydrogen (secondary N) is 2. The first-order valence-electron chi connectivity index (χ1n) is 7.81. The van der Waals surface area contributed by atoms with Gasteiger partial charge in [0.2, 0.25) is 0 Å². The maximum Gasteiger partial charge on any atom is 0.321 e. The molecular weight excluding hydrogens is 304 g/mol. The minimum Gasteiger partial charge on any atom is -0.497 e. The van der Waals surface area contributed by atoms with Gasteiger partial charge in [0.25, 0.3) is 0 Å². The van der Waals surface area contributed by atoms with Crippen LogP contribution in [-0.2, 0) is 17.8 Å². The molecule has 0 aliphatic heterocycles. The molecule has 3 rings (SSSR count).